The van der Waals surface area contributed by atoms with Crippen LogP contribution in [0.5, 0.6) is 0 Å². The van der Waals surface area contributed by atoms with Crippen LogP contribution in [0.3, 0.4) is 0 Å². The van der Waals surface area contributed by atoms with Crippen molar-refractivity contribution in [1.82, 2.24) is 0 Å². The second-order valence-electron chi connectivity index (χ2n) is 2.12. The summed E-state index contributed by atoms with van der Waals surface area (Å²) < 4.78 is 5.03. The van der Waals surface area contributed by atoms with Gasteiger partial charge < -0.3 is 9.84 Å². The van der Waals surface area contributed by atoms with Gasteiger partial charge in [0.1, 0.15) is 6.10 Å². The maximum absolute atomic E-state index is 9.04. The number of aliphatic hydroxyl groups excluding tert-OH is 1. The van der Waals surface area contributed by atoms with Crippen LogP contribution in [-0.2, 0) is 4.74 Å². The molecule has 2 atom stereocenters. The summed E-state index contributed by atoms with van der Waals surface area (Å²) in [4.78, 5) is 0. The molecule has 1 fully saturated rings. The first kappa shape index (κ1) is 5.79. The summed E-state index contributed by atoms with van der Waals surface area (Å²) in [6, 6.07) is 0. The van der Waals surface area contributed by atoms with Crippen LogP contribution < -0.4 is 0 Å². The van der Waals surface area contributed by atoms with Crippen LogP contribution >= 0.6 is 0 Å². The second kappa shape index (κ2) is 1.88. The van der Waals surface area contributed by atoms with E-state index in [0.717, 1.165) is 5.57 Å². The first-order valence-electron chi connectivity index (χ1n) is 2.69. The Balaban J connectivity index is 2.56. The summed E-state index contributed by atoms with van der Waals surface area (Å²) in [5, 5.41) is 9.04. The van der Waals surface area contributed by atoms with E-state index in [4.69, 9.17) is 9.84 Å². The number of hydrogen-bond donors (Lipinski definition) is 1. The van der Waals surface area contributed by atoms with Crippen molar-refractivity contribution < 1.29 is 9.84 Å². The van der Waals surface area contributed by atoms with Gasteiger partial charge in [0.15, 0.2) is 0 Å². The van der Waals surface area contributed by atoms with Crippen molar-refractivity contribution in [3.8, 4) is 0 Å². The molecule has 0 aromatic heterocycles. The van der Waals surface area contributed by atoms with Gasteiger partial charge in [-0.05, 0) is 12.5 Å². The van der Waals surface area contributed by atoms with E-state index in [1.165, 1.54) is 0 Å². The number of ether oxygens (including phenoxy) is 1. The van der Waals surface area contributed by atoms with Gasteiger partial charge in [-0.3, -0.25) is 0 Å². The Bertz CT molecular complexity index is 109. The highest BCUT2D eigenvalue weighted by molar-refractivity contribution is 5.08. The number of rotatable bonds is 0. The molecule has 2 heteroatoms. The van der Waals surface area contributed by atoms with E-state index >= 15 is 0 Å². The normalized spacial score (nSPS) is 38.5. The molecule has 0 radical (unpaired) electrons. The SMILES string of the molecule is C=C1COC(C)C1O. The topological polar surface area (TPSA) is 29.5 Å². The van der Waals surface area contributed by atoms with Gasteiger partial charge in [0.2, 0.25) is 0 Å². The third kappa shape index (κ3) is 0.767. The van der Waals surface area contributed by atoms with Gasteiger partial charge in [0.25, 0.3) is 0 Å². The molecule has 1 aliphatic rings. The summed E-state index contributed by atoms with van der Waals surface area (Å²) in [7, 11) is 0. The fourth-order valence-electron chi connectivity index (χ4n) is 0.747. The first-order chi connectivity index (χ1) is 3.72. The lowest BCUT2D eigenvalue weighted by molar-refractivity contribution is 0.0575. The molecule has 1 saturated heterocycles. The molecule has 0 amide bonds. The predicted molar refractivity (Wildman–Crippen MR) is 30.6 cm³/mol. The summed E-state index contributed by atoms with van der Waals surface area (Å²) in [6.45, 7) is 5.96. The van der Waals surface area contributed by atoms with Crippen LogP contribution in [0.4, 0.5) is 0 Å². The minimum Gasteiger partial charge on any atom is -0.386 e. The fourth-order valence-corrected chi connectivity index (χ4v) is 0.747. The molecule has 2 unspecified atom stereocenters. The molecule has 0 saturated carbocycles. The van der Waals surface area contributed by atoms with Crippen LogP contribution in [0.25, 0.3) is 0 Å². The molecule has 0 bridgehead atoms. The Kier molecular flexibility index (Phi) is 1.36. The van der Waals surface area contributed by atoms with Crippen molar-refractivity contribution in [3.63, 3.8) is 0 Å². The average molecular weight is 114 g/mol. The largest absolute Gasteiger partial charge is 0.386 e. The highest BCUT2D eigenvalue weighted by atomic mass is 16.5. The average Bonchev–Trinajstić information content (AvgIpc) is 1.98. The Hall–Kier alpha value is -0.340. The summed E-state index contributed by atoms with van der Waals surface area (Å²) in [5.74, 6) is 0. The first-order valence-corrected chi connectivity index (χ1v) is 2.69. The number of aliphatic hydroxyl groups is 1. The molecule has 0 spiro atoms. The quantitative estimate of drug-likeness (QED) is 0.460. The van der Waals surface area contributed by atoms with Crippen molar-refractivity contribution in [3.05, 3.63) is 12.2 Å². The van der Waals surface area contributed by atoms with Crippen molar-refractivity contribution >= 4 is 0 Å². The van der Waals surface area contributed by atoms with Gasteiger partial charge in [-0.25, -0.2) is 0 Å². The molecule has 0 aromatic rings. The van der Waals surface area contributed by atoms with E-state index in [1.807, 2.05) is 6.92 Å². The predicted octanol–water partition coefficient (Wildman–Crippen LogP) is 0.322. The highest BCUT2D eigenvalue weighted by Gasteiger charge is 2.24. The summed E-state index contributed by atoms with van der Waals surface area (Å²) >= 11 is 0. The van der Waals surface area contributed by atoms with E-state index in [1.54, 1.807) is 0 Å². The Morgan fingerprint density at radius 2 is 2.50 bits per heavy atom. The molecule has 1 rings (SSSR count). The minimum atomic E-state index is -0.435. The van der Waals surface area contributed by atoms with Gasteiger partial charge in [0, 0.05) is 0 Å². The van der Waals surface area contributed by atoms with E-state index < -0.39 is 6.10 Å². The lowest BCUT2D eigenvalue weighted by atomic mass is 10.1. The van der Waals surface area contributed by atoms with Crippen molar-refractivity contribution in [1.29, 1.82) is 0 Å². The lowest BCUT2D eigenvalue weighted by Crippen LogP contribution is -2.16. The van der Waals surface area contributed by atoms with Gasteiger partial charge in [0.05, 0.1) is 12.7 Å². The highest BCUT2D eigenvalue weighted by Crippen LogP contribution is 2.16. The third-order valence-corrected chi connectivity index (χ3v) is 1.39. The monoisotopic (exact) mass is 114 g/mol. The minimum absolute atomic E-state index is 0.0532. The zero-order chi connectivity index (χ0) is 6.15. The molecular formula is C6H10O2. The van der Waals surface area contributed by atoms with Crippen molar-refractivity contribution in [2.75, 3.05) is 6.61 Å². The molecule has 1 heterocycles. The Labute approximate surface area is 48.8 Å². The summed E-state index contributed by atoms with van der Waals surface area (Å²) in [5.41, 5.74) is 0.789. The maximum atomic E-state index is 9.04. The van der Waals surface area contributed by atoms with E-state index in [9.17, 15) is 0 Å². The van der Waals surface area contributed by atoms with E-state index in [2.05, 4.69) is 6.58 Å². The summed E-state index contributed by atoms with van der Waals surface area (Å²) in [6.07, 6.45) is -0.488. The third-order valence-electron chi connectivity index (χ3n) is 1.39. The van der Waals surface area contributed by atoms with Crippen LogP contribution in [0, 0.1) is 0 Å². The van der Waals surface area contributed by atoms with E-state index in [-0.39, 0.29) is 6.10 Å². The van der Waals surface area contributed by atoms with Crippen molar-refractivity contribution in [2.24, 2.45) is 0 Å². The zero-order valence-electron chi connectivity index (χ0n) is 4.92. The Morgan fingerprint density at radius 3 is 2.62 bits per heavy atom. The van der Waals surface area contributed by atoms with Gasteiger partial charge >= 0.3 is 0 Å². The molecule has 0 aliphatic carbocycles. The molecular weight excluding hydrogens is 104 g/mol. The van der Waals surface area contributed by atoms with Crippen LogP contribution in [0.15, 0.2) is 12.2 Å². The van der Waals surface area contributed by atoms with Crippen LogP contribution in [-0.4, -0.2) is 23.9 Å². The maximum Gasteiger partial charge on any atom is 0.103 e. The second-order valence-corrected chi connectivity index (χ2v) is 2.12. The Morgan fingerprint density at radius 1 is 1.88 bits per heavy atom. The molecule has 0 aromatic carbocycles. The van der Waals surface area contributed by atoms with Crippen molar-refractivity contribution in [2.45, 2.75) is 19.1 Å². The van der Waals surface area contributed by atoms with Crippen LogP contribution in [0.2, 0.25) is 0 Å². The molecule has 8 heavy (non-hydrogen) atoms. The van der Waals surface area contributed by atoms with E-state index in [0.29, 0.717) is 6.61 Å². The van der Waals surface area contributed by atoms with Crippen LogP contribution in [0.1, 0.15) is 6.92 Å². The standard InChI is InChI=1S/C6H10O2/c1-4-3-8-5(2)6(4)7/h5-7H,1,3H2,2H3. The zero-order valence-corrected chi connectivity index (χ0v) is 4.92. The fraction of sp³-hybridized carbons (Fsp3) is 0.667. The molecule has 1 aliphatic heterocycles. The van der Waals surface area contributed by atoms with Gasteiger partial charge in [-0.1, -0.05) is 6.58 Å². The molecule has 1 N–H and O–H groups in total. The smallest absolute Gasteiger partial charge is 0.103 e. The van der Waals surface area contributed by atoms with Gasteiger partial charge in [-0.15, -0.1) is 0 Å². The van der Waals surface area contributed by atoms with Gasteiger partial charge in [-0.2, -0.15) is 0 Å². The number of hydrogen-bond acceptors (Lipinski definition) is 2. The lowest BCUT2D eigenvalue weighted by Gasteiger charge is -2.04. The molecule has 46 valence electrons. The molecule has 2 nitrogen and oxygen atoms in total.